The number of likely N-dealkylation sites (tertiary alicyclic amines) is 2. The summed E-state index contributed by atoms with van der Waals surface area (Å²) in [6.07, 6.45) is 5.86. The highest BCUT2D eigenvalue weighted by molar-refractivity contribution is 5.87. The Morgan fingerprint density at radius 2 is 1.67 bits per heavy atom. The van der Waals surface area contributed by atoms with Crippen molar-refractivity contribution in [2.75, 3.05) is 27.3 Å². The van der Waals surface area contributed by atoms with Crippen LogP contribution in [0.3, 0.4) is 0 Å². The van der Waals surface area contributed by atoms with Crippen LogP contribution in [0.25, 0.3) is 22.3 Å². The molecule has 2 saturated heterocycles. The van der Waals surface area contributed by atoms with Gasteiger partial charge in [0.2, 0.25) is 11.8 Å². The molecule has 3 N–H and O–H groups in total. The van der Waals surface area contributed by atoms with Gasteiger partial charge in [-0.1, -0.05) is 44.7 Å². The van der Waals surface area contributed by atoms with Crippen molar-refractivity contribution >= 4 is 34.9 Å². The molecule has 4 heterocycles. The molecule has 13 nitrogen and oxygen atoms in total. The molecule has 4 atom stereocenters. The maximum atomic E-state index is 13.6. The monoisotopic (exact) mass is 747 g/mol. The molecule has 1 aliphatic carbocycles. The molecule has 0 unspecified atom stereocenters. The van der Waals surface area contributed by atoms with Crippen LogP contribution < -0.4 is 5.32 Å². The lowest BCUT2D eigenvalue weighted by molar-refractivity contribution is -0.141. The number of benzene rings is 2. The summed E-state index contributed by atoms with van der Waals surface area (Å²) in [5.41, 5.74) is 5.47. The quantitative estimate of drug-likeness (QED) is 0.131. The lowest BCUT2D eigenvalue weighted by Crippen LogP contribution is -2.48. The number of carbonyl (C=O) groups excluding carboxylic acids is 4. The van der Waals surface area contributed by atoms with Crippen molar-refractivity contribution in [3.63, 3.8) is 0 Å². The van der Waals surface area contributed by atoms with Gasteiger partial charge in [0, 0.05) is 36.6 Å². The lowest BCUT2D eigenvalue weighted by atomic mass is 9.96. The van der Waals surface area contributed by atoms with Gasteiger partial charge in [-0.15, -0.1) is 0 Å². The number of hydrogen-bond donors (Lipinski definition) is 3. The van der Waals surface area contributed by atoms with Crippen LogP contribution >= 0.6 is 0 Å². The standard InChI is InChI=1S/C42H49N7O6/c1-25(2)26(3)39(51)49-24-42(18-19-42)22-35(49)38-44-30-15-12-28(21-32(30)45-38)9-8-27-10-13-29(14-11-27)33-23-43-37(46-33)34-7-6-20-48(34)40(52)31(47-41(53)55-5)16-17-36(50)54-4/h10-15,21,23,25-26,31,34-35H,6-7,16-20,22,24H2,1-5H3,(H,43,46)(H,44,45)(H,47,53)/t26-,31-,34-,35-/m0/s1. The van der Waals surface area contributed by atoms with E-state index in [2.05, 4.69) is 50.9 Å². The average Bonchev–Trinajstić information content (AvgIpc) is 3.68. The third-order valence-corrected chi connectivity index (χ3v) is 11.6. The zero-order valence-electron chi connectivity index (χ0n) is 32.1. The number of aromatic nitrogens is 4. The fourth-order valence-electron chi connectivity index (χ4n) is 7.75. The molecular weight excluding hydrogens is 699 g/mol. The first-order valence-corrected chi connectivity index (χ1v) is 19.2. The van der Waals surface area contributed by atoms with E-state index in [0.717, 1.165) is 58.6 Å². The zero-order valence-corrected chi connectivity index (χ0v) is 32.1. The van der Waals surface area contributed by atoms with Crippen LogP contribution in [0.1, 0.15) is 101 Å². The zero-order chi connectivity index (χ0) is 38.9. The molecule has 55 heavy (non-hydrogen) atoms. The van der Waals surface area contributed by atoms with E-state index in [1.165, 1.54) is 27.1 Å². The molecule has 288 valence electrons. The summed E-state index contributed by atoms with van der Waals surface area (Å²) >= 11 is 0. The topological polar surface area (TPSA) is 163 Å². The highest BCUT2D eigenvalue weighted by Crippen LogP contribution is 2.58. The molecule has 2 aliphatic heterocycles. The Labute approximate surface area is 320 Å². The number of rotatable bonds is 10. The molecule has 4 aromatic rings. The van der Waals surface area contributed by atoms with Gasteiger partial charge in [0.05, 0.1) is 49.2 Å². The van der Waals surface area contributed by atoms with Gasteiger partial charge >= 0.3 is 12.1 Å². The molecule has 0 bridgehead atoms. The minimum atomic E-state index is -0.942. The van der Waals surface area contributed by atoms with Crippen molar-refractivity contribution in [3.8, 4) is 23.1 Å². The Bertz CT molecular complexity index is 2140. The normalized spacial score (nSPS) is 19.6. The number of carbonyl (C=O) groups is 4. The first kappa shape index (κ1) is 37.7. The summed E-state index contributed by atoms with van der Waals surface area (Å²) in [4.78, 5) is 71.2. The molecule has 3 amide bonds. The van der Waals surface area contributed by atoms with Crippen LogP contribution in [0.15, 0.2) is 48.7 Å². The molecule has 3 aliphatic rings. The second-order valence-corrected chi connectivity index (χ2v) is 15.6. The molecule has 2 aromatic heterocycles. The fraction of sp³-hybridized carbons (Fsp3) is 0.476. The van der Waals surface area contributed by atoms with Crippen molar-refractivity contribution in [3.05, 3.63) is 71.4 Å². The predicted molar refractivity (Wildman–Crippen MR) is 205 cm³/mol. The van der Waals surface area contributed by atoms with E-state index in [-0.39, 0.29) is 54.0 Å². The third-order valence-electron chi connectivity index (χ3n) is 11.6. The second-order valence-electron chi connectivity index (χ2n) is 15.6. The molecule has 3 fully saturated rings. The number of imidazole rings is 2. The van der Waals surface area contributed by atoms with Crippen molar-refractivity contribution in [2.24, 2.45) is 17.3 Å². The molecule has 1 spiro atoms. The van der Waals surface area contributed by atoms with Crippen molar-refractivity contribution in [1.29, 1.82) is 0 Å². The summed E-state index contributed by atoms with van der Waals surface area (Å²) < 4.78 is 9.44. The summed E-state index contributed by atoms with van der Waals surface area (Å²) in [7, 11) is 2.51. The molecular formula is C42H49N7O6. The number of H-pyrrole nitrogens is 2. The van der Waals surface area contributed by atoms with Gasteiger partial charge in [-0.25, -0.2) is 14.8 Å². The van der Waals surface area contributed by atoms with Crippen LogP contribution in [0.4, 0.5) is 4.79 Å². The number of nitrogens with zero attached hydrogens (tertiary/aromatic N) is 4. The number of amides is 3. The van der Waals surface area contributed by atoms with Gasteiger partial charge < -0.3 is 34.6 Å². The maximum Gasteiger partial charge on any atom is 0.407 e. The molecule has 7 rings (SSSR count). The summed E-state index contributed by atoms with van der Waals surface area (Å²) in [6, 6.07) is 12.6. The Balaban J connectivity index is 1.02. The first-order valence-electron chi connectivity index (χ1n) is 19.2. The van der Waals surface area contributed by atoms with Crippen LogP contribution in [0.5, 0.6) is 0 Å². The average molecular weight is 748 g/mol. The number of alkyl carbamates (subject to hydrolysis) is 1. The van der Waals surface area contributed by atoms with Crippen molar-refractivity contribution in [2.45, 2.75) is 83.8 Å². The van der Waals surface area contributed by atoms with Gasteiger partial charge in [-0.3, -0.25) is 14.4 Å². The fourth-order valence-corrected chi connectivity index (χ4v) is 7.75. The summed E-state index contributed by atoms with van der Waals surface area (Å²) in [5, 5.41) is 2.57. The Morgan fingerprint density at radius 3 is 2.38 bits per heavy atom. The number of nitrogens with one attached hydrogen (secondary N) is 3. The molecule has 0 radical (unpaired) electrons. The van der Waals surface area contributed by atoms with Crippen molar-refractivity contribution in [1.82, 2.24) is 35.1 Å². The van der Waals surface area contributed by atoms with E-state index in [4.69, 9.17) is 14.5 Å². The predicted octanol–water partition coefficient (Wildman–Crippen LogP) is 6.04. The lowest BCUT2D eigenvalue weighted by Gasteiger charge is -2.28. The summed E-state index contributed by atoms with van der Waals surface area (Å²) in [6.45, 7) is 7.56. The third kappa shape index (κ3) is 8.09. The Hall–Kier alpha value is -5.64. The van der Waals surface area contributed by atoms with Crippen LogP contribution in [0, 0.1) is 29.1 Å². The van der Waals surface area contributed by atoms with Crippen molar-refractivity contribution < 1.29 is 28.7 Å². The van der Waals surface area contributed by atoms with Crippen LogP contribution in [0.2, 0.25) is 0 Å². The minimum Gasteiger partial charge on any atom is -0.469 e. The highest BCUT2D eigenvalue weighted by Gasteiger charge is 2.54. The molecule has 13 heteroatoms. The number of aromatic amines is 2. The molecule has 1 saturated carbocycles. The second kappa shape index (κ2) is 15.6. The van der Waals surface area contributed by atoms with E-state index >= 15 is 0 Å². The smallest absolute Gasteiger partial charge is 0.407 e. The first-order chi connectivity index (χ1) is 26.5. The number of hydrogen-bond acceptors (Lipinski definition) is 8. The van der Waals surface area contributed by atoms with E-state index < -0.39 is 18.1 Å². The number of fused-ring (bicyclic) bond motifs is 1. The van der Waals surface area contributed by atoms with Gasteiger partial charge in [0.25, 0.3) is 0 Å². The van der Waals surface area contributed by atoms with E-state index in [1.807, 2.05) is 49.4 Å². The van der Waals surface area contributed by atoms with E-state index in [9.17, 15) is 19.2 Å². The number of esters is 1. The van der Waals surface area contributed by atoms with E-state index in [1.54, 1.807) is 11.1 Å². The minimum absolute atomic E-state index is 0.0247. The van der Waals surface area contributed by atoms with Crippen LogP contribution in [-0.4, -0.2) is 87.0 Å². The van der Waals surface area contributed by atoms with E-state index in [0.29, 0.717) is 18.8 Å². The van der Waals surface area contributed by atoms with Crippen LogP contribution in [-0.2, 0) is 23.9 Å². The van der Waals surface area contributed by atoms with Gasteiger partial charge in [0.15, 0.2) is 0 Å². The van der Waals surface area contributed by atoms with Gasteiger partial charge in [-0.2, -0.15) is 0 Å². The van der Waals surface area contributed by atoms with Gasteiger partial charge in [0.1, 0.15) is 17.7 Å². The maximum absolute atomic E-state index is 13.6. The Kier molecular flexibility index (Phi) is 10.7. The van der Waals surface area contributed by atoms with Gasteiger partial charge in [-0.05, 0) is 85.8 Å². The number of ether oxygens (including phenoxy) is 2. The number of methoxy groups -OCH3 is 2. The molecule has 2 aromatic carbocycles. The summed E-state index contributed by atoms with van der Waals surface area (Å²) in [5.74, 6) is 7.77. The Morgan fingerprint density at radius 1 is 0.927 bits per heavy atom. The highest BCUT2D eigenvalue weighted by atomic mass is 16.5. The SMILES string of the molecule is COC(=O)CC[C@H](NC(=O)OC)C(=O)N1CCC[C@H]1c1ncc(-c2ccc(C#Cc3ccc4nc([C@@H]5CC6(CC6)CN5C(=O)[C@@H](C)C(C)C)[nH]c4c3)cc2)[nH]1. The largest absolute Gasteiger partial charge is 0.469 e.